The third-order valence-electron chi connectivity index (χ3n) is 2.82. The number of halogens is 1. The molecule has 1 heterocycles. The summed E-state index contributed by atoms with van der Waals surface area (Å²) in [4.78, 5) is 4.05. The minimum Gasteiger partial charge on any atom is -0.369 e. The van der Waals surface area contributed by atoms with Crippen molar-refractivity contribution in [3.63, 3.8) is 0 Å². The maximum atomic E-state index is 11.6. The molecule has 1 aromatic heterocycles. The van der Waals surface area contributed by atoms with Crippen molar-refractivity contribution >= 4 is 27.4 Å². The predicted molar refractivity (Wildman–Crippen MR) is 83.8 cm³/mol. The van der Waals surface area contributed by atoms with Crippen molar-refractivity contribution in [2.45, 2.75) is 26.3 Å². The fourth-order valence-corrected chi connectivity index (χ4v) is 3.34. The van der Waals surface area contributed by atoms with Gasteiger partial charge in [-0.05, 0) is 26.3 Å². The van der Waals surface area contributed by atoms with Crippen molar-refractivity contribution in [3.8, 4) is 6.07 Å². The van der Waals surface area contributed by atoms with E-state index in [-0.39, 0.29) is 6.04 Å². The van der Waals surface area contributed by atoms with Crippen LogP contribution in [0.1, 0.15) is 25.8 Å². The van der Waals surface area contributed by atoms with Gasteiger partial charge in [-0.15, -0.1) is 0 Å². The number of nitriles is 1. The molecule has 0 aliphatic rings. The molecule has 0 saturated heterocycles. The number of anilines is 1. The molecule has 116 valence electrons. The molecule has 0 aliphatic carbocycles. The van der Waals surface area contributed by atoms with E-state index in [0.717, 1.165) is 0 Å². The lowest BCUT2D eigenvalue weighted by Gasteiger charge is -2.23. The fourth-order valence-electron chi connectivity index (χ4n) is 1.88. The highest BCUT2D eigenvalue weighted by atomic mass is 35.5. The molecular weight excluding hydrogens is 312 g/mol. The van der Waals surface area contributed by atoms with Crippen molar-refractivity contribution in [2.75, 3.05) is 24.7 Å². The number of aromatic nitrogens is 1. The third kappa shape index (κ3) is 5.50. The van der Waals surface area contributed by atoms with Gasteiger partial charge >= 0.3 is 0 Å². The molecule has 0 atom stereocenters. The minimum atomic E-state index is -3.20. The molecule has 0 radical (unpaired) electrons. The summed E-state index contributed by atoms with van der Waals surface area (Å²) in [5, 5.41) is 12.1. The number of pyridine rings is 1. The van der Waals surface area contributed by atoms with Crippen LogP contribution >= 0.6 is 11.6 Å². The van der Waals surface area contributed by atoms with Gasteiger partial charge < -0.3 is 5.32 Å². The van der Waals surface area contributed by atoms with Gasteiger partial charge in [-0.2, -0.15) is 9.57 Å². The molecule has 6 nitrogen and oxygen atoms in total. The van der Waals surface area contributed by atoms with Crippen LogP contribution < -0.4 is 5.32 Å². The Hall–Kier alpha value is -1.36. The van der Waals surface area contributed by atoms with Crippen LogP contribution in [0.5, 0.6) is 0 Å². The van der Waals surface area contributed by atoms with Crippen LogP contribution in [0.4, 0.5) is 5.82 Å². The first-order valence-corrected chi connectivity index (χ1v) is 8.74. The van der Waals surface area contributed by atoms with Crippen LogP contribution in [-0.2, 0) is 10.0 Å². The average molecular weight is 331 g/mol. The molecule has 0 fully saturated rings. The van der Waals surface area contributed by atoms with Crippen molar-refractivity contribution < 1.29 is 8.42 Å². The lowest BCUT2D eigenvalue weighted by Crippen LogP contribution is -2.37. The standard InChI is InChI=1S/C13H19ClN4O2S/c1-10(2)18(21(3,19)20)6-4-5-16-13-12(14)7-11(8-15)9-17-13/h7,9-10H,4-6H2,1-3H3,(H,16,17). The summed E-state index contributed by atoms with van der Waals surface area (Å²) in [5.41, 5.74) is 0.397. The van der Waals surface area contributed by atoms with Crippen molar-refractivity contribution in [1.82, 2.24) is 9.29 Å². The molecule has 0 amide bonds. The monoisotopic (exact) mass is 330 g/mol. The Morgan fingerprint density at radius 2 is 2.19 bits per heavy atom. The molecule has 0 spiro atoms. The Balaban J connectivity index is 2.53. The van der Waals surface area contributed by atoms with E-state index in [4.69, 9.17) is 16.9 Å². The molecule has 0 bridgehead atoms. The molecule has 8 heteroatoms. The third-order valence-corrected chi connectivity index (χ3v) is 4.56. The Bertz CT molecular complexity index is 626. The topological polar surface area (TPSA) is 86.1 Å². The number of hydrogen-bond acceptors (Lipinski definition) is 5. The molecule has 1 rings (SSSR count). The Kier molecular flexibility index (Phi) is 6.40. The predicted octanol–water partition coefficient (Wildman–Crippen LogP) is 2.08. The zero-order valence-corrected chi connectivity index (χ0v) is 13.9. The summed E-state index contributed by atoms with van der Waals surface area (Å²) >= 11 is 5.99. The molecule has 0 aliphatic heterocycles. The van der Waals surface area contributed by atoms with Crippen molar-refractivity contribution in [2.24, 2.45) is 0 Å². The van der Waals surface area contributed by atoms with E-state index in [1.54, 1.807) is 0 Å². The highest BCUT2D eigenvalue weighted by Crippen LogP contribution is 2.19. The summed E-state index contributed by atoms with van der Waals surface area (Å²) in [6.07, 6.45) is 3.27. The second-order valence-electron chi connectivity index (χ2n) is 4.91. The van der Waals surface area contributed by atoms with Gasteiger partial charge in [0.15, 0.2) is 0 Å². The second-order valence-corrected chi connectivity index (χ2v) is 7.26. The average Bonchev–Trinajstić information content (AvgIpc) is 2.37. The molecule has 0 saturated carbocycles. The molecule has 1 N–H and O–H groups in total. The largest absolute Gasteiger partial charge is 0.369 e. The van der Waals surface area contributed by atoms with Gasteiger partial charge in [-0.1, -0.05) is 11.6 Å². The number of sulfonamides is 1. The Morgan fingerprint density at radius 1 is 1.52 bits per heavy atom. The van der Waals surface area contributed by atoms with Crippen LogP contribution in [-0.4, -0.2) is 43.1 Å². The van der Waals surface area contributed by atoms with Gasteiger partial charge in [0.1, 0.15) is 11.9 Å². The van der Waals surface area contributed by atoms with E-state index in [2.05, 4.69) is 10.3 Å². The molecular formula is C13H19ClN4O2S. The lowest BCUT2D eigenvalue weighted by molar-refractivity contribution is 0.355. The van der Waals surface area contributed by atoms with Crippen LogP contribution in [0.3, 0.4) is 0 Å². The summed E-state index contributed by atoms with van der Waals surface area (Å²) in [6.45, 7) is 4.65. The van der Waals surface area contributed by atoms with E-state index in [0.29, 0.717) is 35.9 Å². The molecule has 1 aromatic rings. The highest BCUT2D eigenvalue weighted by molar-refractivity contribution is 7.88. The van der Waals surface area contributed by atoms with E-state index >= 15 is 0 Å². The quantitative estimate of drug-likeness (QED) is 0.773. The maximum absolute atomic E-state index is 11.6. The number of nitrogens with one attached hydrogen (secondary N) is 1. The van der Waals surface area contributed by atoms with E-state index in [1.807, 2.05) is 19.9 Å². The van der Waals surface area contributed by atoms with Gasteiger partial charge in [0.2, 0.25) is 10.0 Å². The Labute approximate surface area is 130 Å². The van der Waals surface area contributed by atoms with Gasteiger partial charge in [-0.25, -0.2) is 13.4 Å². The van der Waals surface area contributed by atoms with Crippen LogP contribution in [0.15, 0.2) is 12.3 Å². The molecule has 0 aromatic carbocycles. The highest BCUT2D eigenvalue weighted by Gasteiger charge is 2.19. The van der Waals surface area contributed by atoms with Gasteiger partial charge in [0, 0.05) is 25.3 Å². The van der Waals surface area contributed by atoms with E-state index in [1.165, 1.54) is 22.8 Å². The van der Waals surface area contributed by atoms with Gasteiger partial charge in [0.05, 0.1) is 16.8 Å². The van der Waals surface area contributed by atoms with E-state index < -0.39 is 10.0 Å². The van der Waals surface area contributed by atoms with Crippen LogP contribution in [0.2, 0.25) is 5.02 Å². The van der Waals surface area contributed by atoms with Crippen molar-refractivity contribution in [3.05, 3.63) is 22.8 Å². The first-order chi connectivity index (χ1) is 9.75. The first-order valence-electron chi connectivity index (χ1n) is 6.52. The minimum absolute atomic E-state index is 0.0726. The summed E-state index contributed by atoms with van der Waals surface area (Å²) in [6, 6.07) is 3.42. The number of hydrogen-bond donors (Lipinski definition) is 1. The van der Waals surface area contributed by atoms with Gasteiger partial charge in [0.25, 0.3) is 0 Å². The SMILES string of the molecule is CC(C)N(CCCNc1ncc(C#N)cc1Cl)S(C)(=O)=O. The maximum Gasteiger partial charge on any atom is 0.211 e. The number of nitrogens with zero attached hydrogens (tertiary/aromatic N) is 3. The van der Waals surface area contributed by atoms with Gasteiger partial charge in [-0.3, -0.25) is 0 Å². The Morgan fingerprint density at radius 3 is 2.67 bits per heavy atom. The first kappa shape index (κ1) is 17.7. The van der Waals surface area contributed by atoms with Crippen LogP contribution in [0, 0.1) is 11.3 Å². The van der Waals surface area contributed by atoms with E-state index in [9.17, 15) is 8.42 Å². The van der Waals surface area contributed by atoms with Crippen LogP contribution in [0.25, 0.3) is 0 Å². The summed E-state index contributed by atoms with van der Waals surface area (Å²) in [5.74, 6) is 0.492. The molecule has 0 unspecified atom stereocenters. The second kappa shape index (κ2) is 7.59. The normalized spacial score (nSPS) is 11.7. The lowest BCUT2D eigenvalue weighted by atomic mass is 10.3. The van der Waals surface area contributed by atoms with Crippen molar-refractivity contribution in [1.29, 1.82) is 5.26 Å². The smallest absolute Gasteiger partial charge is 0.211 e. The summed E-state index contributed by atoms with van der Waals surface area (Å²) < 4.78 is 24.7. The zero-order valence-electron chi connectivity index (χ0n) is 12.3. The fraction of sp³-hybridized carbons (Fsp3) is 0.538. The summed E-state index contributed by atoms with van der Waals surface area (Å²) in [7, 11) is -3.20. The molecule has 21 heavy (non-hydrogen) atoms. The zero-order chi connectivity index (χ0) is 16.0. The number of rotatable bonds is 7.